The molecule has 2 atom stereocenters. The minimum Gasteiger partial charge on any atom is -0.435 e. The molecule has 7 heteroatoms. The molecule has 1 saturated heterocycles. The van der Waals surface area contributed by atoms with Crippen LogP contribution < -0.4 is 4.74 Å². The van der Waals surface area contributed by atoms with Crippen LogP contribution in [0.2, 0.25) is 0 Å². The van der Waals surface area contributed by atoms with Crippen LogP contribution in [0.4, 0.5) is 8.78 Å². The third-order valence-electron chi connectivity index (χ3n) is 3.47. The summed E-state index contributed by atoms with van der Waals surface area (Å²) in [6, 6.07) is 7.63. The maximum Gasteiger partial charge on any atom is 0.387 e. The second-order valence-corrected chi connectivity index (χ2v) is 5.58. The molecule has 1 aromatic carbocycles. The van der Waals surface area contributed by atoms with Gasteiger partial charge in [-0.2, -0.15) is 14.0 Å². The molecule has 0 aromatic heterocycles. The van der Waals surface area contributed by atoms with Crippen molar-refractivity contribution in [3.05, 3.63) is 35.4 Å². The SMILES string of the molecule is C[C@@H]1CN(C(=O)/C(C#N)=C/c2ccc(OC(F)F)cc2)C[C@@H](C)O1. The first-order chi connectivity index (χ1) is 11.4. The number of halogens is 2. The largest absolute Gasteiger partial charge is 0.435 e. The lowest BCUT2D eigenvalue weighted by Crippen LogP contribution is -2.48. The molecular formula is C17H18F2N2O3. The number of alkyl halides is 2. The highest BCUT2D eigenvalue weighted by Gasteiger charge is 2.27. The smallest absolute Gasteiger partial charge is 0.387 e. The topological polar surface area (TPSA) is 62.6 Å². The number of hydrogen-bond donors (Lipinski definition) is 0. The van der Waals surface area contributed by atoms with Crippen molar-refractivity contribution in [1.29, 1.82) is 5.26 Å². The van der Waals surface area contributed by atoms with Gasteiger partial charge in [0, 0.05) is 13.1 Å². The molecule has 1 aromatic rings. The van der Waals surface area contributed by atoms with Gasteiger partial charge in [-0.25, -0.2) is 0 Å². The summed E-state index contributed by atoms with van der Waals surface area (Å²) < 4.78 is 34.1. The molecule has 0 saturated carbocycles. The van der Waals surface area contributed by atoms with Gasteiger partial charge in [0.2, 0.25) is 0 Å². The average molecular weight is 336 g/mol. The Morgan fingerprint density at radius 3 is 2.42 bits per heavy atom. The molecule has 24 heavy (non-hydrogen) atoms. The fourth-order valence-electron chi connectivity index (χ4n) is 2.57. The molecule has 5 nitrogen and oxygen atoms in total. The molecule has 2 rings (SSSR count). The molecule has 1 fully saturated rings. The van der Waals surface area contributed by atoms with Crippen molar-refractivity contribution < 1.29 is 23.0 Å². The molecule has 0 aliphatic carbocycles. The number of carbonyl (C=O) groups excluding carboxylic acids is 1. The van der Waals surface area contributed by atoms with Crippen LogP contribution in [0.3, 0.4) is 0 Å². The van der Waals surface area contributed by atoms with Crippen LogP contribution in [-0.2, 0) is 9.53 Å². The Balaban J connectivity index is 2.13. The van der Waals surface area contributed by atoms with E-state index < -0.39 is 6.61 Å². The Bertz CT molecular complexity index is 643. The van der Waals surface area contributed by atoms with Gasteiger partial charge < -0.3 is 14.4 Å². The van der Waals surface area contributed by atoms with E-state index in [-0.39, 0.29) is 29.4 Å². The lowest BCUT2D eigenvalue weighted by atomic mass is 10.1. The minimum absolute atomic E-state index is 0.0150. The molecule has 1 aliphatic heterocycles. The number of hydrogen-bond acceptors (Lipinski definition) is 4. The highest BCUT2D eigenvalue weighted by Crippen LogP contribution is 2.18. The molecule has 1 amide bonds. The summed E-state index contributed by atoms with van der Waals surface area (Å²) in [5, 5.41) is 9.27. The van der Waals surface area contributed by atoms with Crippen LogP contribution in [0, 0.1) is 11.3 Å². The van der Waals surface area contributed by atoms with Gasteiger partial charge in [0.25, 0.3) is 5.91 Å². The van der Waals surface area contributed by atoms with Crippen molar-refractivity contribution in [2.75, 3.05) is 13.1 Å². The van der Waals surface area contributed by atoms with Crippen molar-refractivity contribution in [3.63, 3.8) is 0 Å². The van der Waals surface area contributed by atoms with Gasteiger partial charge >= 0.3 is 6.61 Å². The summed E-state index contributed by atoms with van der Waals surface area (Å²) in [5.41, 5.74) is 0.537. The zero-order valence-corrected chi connectivity index (χ0v) is 13.4. The molecular weight excluding hydrogens is 318 g/mol. The number of amides is 1. The van der Waals surface area contributed by atoms with E-state index in [9.17, 15) is 18.8 Å². The Hall–Kier alpha value is -2.46. The Morgan fingerprint density at radius 1 is 1.33 bits per heavy atom. The first kappa shape index (κ1) is 17.9. The van der Waals surface area contributed by atoms with Crippen LogP contribution in [-0.4, -0.2) is 42.7 Å². The Morgan fingerprint density at radius 2 is 1.92 bits per heavy atom. The Labute approximate surface area is 139 Å². The van der Waals surface area contributed by atoms with E-state index >= 15 is 0 Å². The van der Waals surface area contributed by atoms with E-state index in [1.165, 1.54) is 30.3 Å². The standard InChI is InChI=1S/C17H18F2N2O3/c1-11-9-21(10-12(2)23-11)16(22)14(8-20)7-13-3-5-15(6-4-13)24-17(18)19/h3-7,11-12,17H,9-10H2,1-2H3/b14-7+/t11-,12-/m1/s1. The molecule has 0 spiro atoms. The van der Waals surface area contributed by atoms with E-state index in [4.69, 9.17) is 4.74 Å². The second kappa shape index (κ2) is 7.88. The summed E-state index contributed by atoms with van der Waals surface area (Å²) in [7, 11) is 0. The van der Waals surface area contributed by atoms with Gasteiger partial charge in [-0.1, -0.05) is 12.1 Å². The van der Waals surface area contributed by atoms with Crippen molar-refractivity contribution in [3.8, 4) is 11.8 Å². The van der Waals surface area contributed by atoms with Crippen molar-refractivity contribution in [1.82, 2.24) is 4.90 Å². The number of nitriles is 1. The second-order valence-electron chi connectivity index (χ2n) is 5.58. The highest BCUT2D eigenvalue weighted by atomic mass is 19.3. The van der Waals surface area contributed by atoms with E-state index in [1.807, 2.05) is 19.9 Å². The van der Waals surface area contributed by atoms with E-state index in [2.05, 4.69) is 4.74 Å². The third kappa shape index (κ3) is 4.77. The zero-order chi connectivity index (χ0) is 17.7. The fourth-order valence-corrected chi connectivity index (χ4v) is 2.57. The Kier molecular flexibility index (Phi) is 5.88. The molecule has 0 radical (unpaired) electrons. The highest BCUT2D eigenvalue weighted by molar-refractivity contribution is 6.01. The van der Waals surface area contributed by atoms with Crippen molar-refractivity contribution in [2.45, 2.75) is 32.7 Å². The first-order valence-corrected chi connectivity index (χ1v) is 7.50. The van der Waals surface area contributed by atoms with Gasteiger partial charge in [0.05, 0.1) is 12.2 Å². The minimum atomic E-state index is -2.90. The molecule has 0 unspecified atom stereocenters. The van der Waals surface area contributed by atoms with Crippen LogP contribution in [0.1, 0.15) is 19.4 Å². The number of carbonyl (C=O) groups is 1. The lowest BCUT2D eigenvalue weighted by molar-refractivity contribution is -0.138. The number of benzene rings is 1. The maximum absolute atomic E-state index is 12.5. The lowest BCUT2D eigenvalue weighted by Gasteiger charge is -2.35. The van der Waals surface area contributed by atoms with Crippen LogP contribution in [0.25, 0.3) is 6.08 Å². The van der Waals surface area contributed by atoms with Gasteiger partial charge in [0.1, 0.15) is 17.4 Å². The predicted molar refractivity (Wildman–Crippen MR) is 83.3 cm³/mol. The maximum atomic E-state index is 12.5. The van der Waals surface area contributed by atoms with Gasteiger partial charge in [0.15, 0.2) is 0 Å². The quantitative estimate of drug-likeness (QED) is 0.626. The summed E-state index contributed by atoms with van der Waals surface area (Å²) in [5.74, 6) is -0.352. The number of ether oxygens (including phenoxy) is 2. The molecule has 1 aliphatic rings. The molecule has 1 heterocycles. The average Bonchev–Trinajstić information content (AvgIpc) is 2.52. The van der Waals surface area contributed by atoms with Crippen LogP contribution >= 0.6 is 0 Å². The summed E-state index contributed by atoms with van der Waals surface area (Å²) >= 11 is 0. The number of morpholine rings is 1. The summed E-state index contributed by atoms with van der Waals surface area (Å²) in [6.07, 6.45) is 1.24. The third-order valence-corrected chi connectivity index (χ3v) is 3.47. The summed E-state index contributed by atoms with van der Waals surface area (Å²) in [6.45, 7) is 1.68. The van der Waals surface area contributed by atoms with Crippen molar-refractivity contribution >= 4 is 12.0 Å². The summed E-state index contributed by atoms with van der Waals surface area (Å²) in [4.78, 5) is 14.1. The van der Waals surface area contributed by atoms with Gasteiger partial charge in [-0.15, -0.1) is 0 Å². The first-order valence-electron chi connectivity index (χ1n) is 7.50. The van der Waals surface area contributed by atoms with E-state index in [0.29, 0.717) is 18.7 Å². The predicted octanol–water partition coefficient (Wildman–Crippen LogP) is 2.83. The number of nitrogens with zero attached hydrogens (tertiary/aromatic N) is 2. The van der Waals surface area contributed by atoms with E-state index in [1.54, 1.807) is 4.90 Å². The van der Waals surface area contributed by atoms with Gasteiger partial charge in [-0.3, -0.25) is 4.79 Å². The van der Waals surface area contributed by atoms with E-state index in [0.717, 1.165) is 0 Å². The molecule has 128 valence electrons. The van der Waals surface area contributed by atoms with Crippen molar-refractivity contribution in [2.24, 2.45) is 0 Å². The monoisotopic (exact) mass is 336 g/mol. The van der Waals surface area contributed by atoms with Gasteiger partial charge in [-0.05, 0) is 37.6 Å². The molecule has 0 N–H and O–H groups in total. The number of rotatable bonds is 4. The van der Waals surface area contributed by atoms with Crippen LogP contribution in [0.15, 0.2) is 29.8 Å². The normalized spacial score (nSPS) is 21.5. The van der Waals surface area contributed by atoms with Crippen LogP contribution in [0.5, 0.6) is 5.75 Å². The zero-order valence-electron chi connectivity index (χ0n) is 13.4. The molecule has 0 bridgehead atoms. The fraction of sp³-hybridized carbons (Fsp3) is 0.412.